The molecule has 84 valence electrons. The lowest BCUT2D eigenvalue weighted by Gasteiger charge is -2.08. The number of halogens is 1. The first kappa shape index (κ1) is 12.6. The summed E-state index contributed by atoms with van der Waals surface area (Å²) in [6, 6.07) is 0. The van der Waals surface area contributed by atoms with Crippen LogP contribution in [0.4, 0.5) is 5.82 Å². The summed E-state index contributed by atoms with van der Waals surface area (Å²) in [5, 5.41) is 3.79. The van der Waals surface area contributed by atoms with E-state index in [9.17, 15) is 0 Å². The summed E-state index contributed by atoms with van der Waals surface area (Å²) in [7, 11) is 0. The van der Waals surface area contributed by atoms with Crippen LogP contribution in [0.25, 0.3) is 0 Å². The zero-order valence-electron chi connectivity index (χ0n) is 9.09. The average molecular weight is 246 g/mol. The molecule has 0 aromatic carbocycles. The highest BCUT2D eigenvalue weighted by Gasteiger charge is 2.03. The van der Waals surface area contributed by atoms with Crippen LogP contribution in [-0.4, -0.2) is 28.5 Å². The van der Waals surface area contributed by atoms with Crippen LogP contribution in [-0.2, 0) is 0 Å². The Balaban J connectivity index is 2.34. The largest absolute Gasteiger partial charge is 0.370 e. The van der Waals surface area contributed by atoms with E-state index in [4.69, 9.17) is 11.6 Å². The monoisotopic (exact) mass is 245 g/mol. The molecule has 1 rings (SSSR count). The third-order valence-corrected chi connectivity index (χ3v) is 3.17. The van der Waals surface area contributed by atoms with Gasteiger partial charge >= 0.3 is 0 Å². The van der Waals surface area contributed by atoms with Crippen molar-refractivity contribution in [2.75, 3.05) is 23.9 Å². The van der Waals surface area contributed by atoms with Gasteiger partial charge in [-0.05, 0) is 31.8 Å². The number of nitrogens with zero attached hydrogens (tertiary/aromatic N) is 2. The van der Waals surface area contributed by atoms with Crippen molar-refractivity contribution in [1.82, 2.24) is 9.97 Å². The van der Waals surface area contributed by atoms with Crippen LogP contribution >= 0.6 is 23.4 Å². The molecule has 0 aliphatic carbocycles. The predicted octanol–water partition coefficient (Wildman–Crippen LogP) is 2.99. The lowest BCUT2D eigenvalue weighted by atomic mass is 10.3. The van der Waals surface area contributed by atoms with Crippen LogP contribution in [0.15, 0.2) is 6.33 Å². The summed E-state index contributed by atoms with van der Waals surface area (Å²) in [5.41, 5.74) is 0.920. The van der Waals surface area contributed by atoms with E-state index in [1.165, 1.54) is 18.5 Å². The van der Waals surface area contributed by atoms with Crippen molar-refractivity contribution in [3.05, 3.63) is 17.0 Å². The fourth-order valence-electron chi connectivity index (χ4n) is 1.19. The average Bonchev–Trinajstić information content (AvgIpc) is 2.24. The maximum absolute atomic E-state index is 5.88. The molecule has 0 aliphatic heterocycles. The Morgan fingerprint density at radius 1 is 1.40 bits per heavy atom. The molecule has 1 aromatic rings. The van der Waals surface area contributed by atoms with E-state index >= 15 is 0 Å². The Hall–Kier alpha value is -0.480. The normalized spacial score (nSPS) is 10.3. The maximum Gasteiger partial charge on any atom is 0.137 e. The molecule has 0 unspecified atom stereocenters. The van der Waals surface area contributed by atoms with Gasteiger partial charge in [-0.2, -0.15) is 11.8 Å². The van der Waals surface area contributed by atoms with E-state index in [2.05, 4.69) is 21.5 Å². The number of thioether (sulfide) groups is 1. The van der Waals surface area contributed by atoms with E-state index in [0.717, 1.165) is 24.3 Å². The minimum Gasteiger partial charge on any atom is -0.370 e. The molecule has 0 saturated carbocycles. The second-order valence-corrected chi connectivity index (χ2v) is 4.61. The molecular weight excluding hydrogens is 230 g/mol. The quantitative estimate of drug-likeness (QED) is 0.618. The molecule has 0 spiro atoms. The molecular formula is C10H16ClN3S. The second kappa shape index (κ2) is 6.90. The van der Waals surface area contributed by atoms with E-state index in [1.807, 2.05) is 18.7 Å². The number of anilines is 1. The number of rotatable bonds is 6. The van der Waals surface area contributed by atoms with Crippen LogP contribution in [0.2, 0.25) is 5.15 Å². The molecule has 1 heterocycles. The standard InChI is InChI=1S/C10H16ClN3S/c1-8-9(11)13-7-14-10(8)12-5-3-4-6-15-2/h7H,3-6H2,1-2H3,(H,12,13,14). The summed E-state index contributed by atoms with van der Waals surface area (Å²) in [6.45, 7) is 2.86. The van der Waals surface area contributed by atoms with E-state index in [1.54, 1.807) is 0 Å². The first-order valence-corrected chi connectivity index (χ1v) is 6.72. The summed E-state index contributed by atoms with van der Waals surface area (Å²) < 4.78 is 0. The van der Waals surface area contributed by atoms with E-state index < -0.39 is 0 Å². The van der Waals surface area contributed by atoms with Gasteiger partial charge < -0.3 is 5.32 Å². The molecule has 0 amide bonds. The lowest BCUT2D eigenvalue weighted by molar-refractivity contribution is 0.837. The van der Waals surface area contributed by atoms with Crippen molar-refractivity contribution in [3.63, 3.8) is 0 Å². The van der Waals surface area contributed by atoms with Crippen LogP contribution in [0.1, 0.15) is 18.4 Å². The summed E-state index contributed by atoms with van der Waals surface area (Å²) in [4.78, 5) is 8.05. The zero-order valence-corrected chi connectivity index (χ0v) is 10.7. The zero-order chi connectivity index (χ0) is 11.1. The Bertz CT molecular complexity index is 307. The van der Waals surface area contributed by atoms with Crippen LogP contribution < -0.4 is 5.32 Å². The third kappa shape index (κ3) is 4.26. The van der Waals surface area contributed by atoms with Crippen molar-refractivity contribution < 1.29 is 0 Å². The Morgan fingerprint density at radius 3 is 2.93 bits per heavy atom. The first-order valence-electron chi connectivity index (χ1n) is 4.95. The molecule has 5 heteroatoms. The molecule has 0 aliphatic rings. The van der Waals surface area contributed by atoms with Gasteiger partial charge in [0.25, 0.3) is 0 Å². The smallest absolute Gasteiger partial charge is 0.137 e. The van der Waals surface area contributed by atoms with Crippen molar-refractivity contribution in [3.8, 4) is 0 Å². The number of unbranched alkanes of at least 4 members (excludes halogenated alkanes) is 1. The highest BCUT2D eigenvalue weighted by Crippen LogP contribution is 2.17. The van der Waals surface area contributed by atoms with Crippen LogP contribution in [0, 0.1) is 6.92 Å². The summed E-state index contributed by atoms with van der Waals surface area (Å²) >= 11 is 7.76. The number of nitrogens with one attached hydrogen (secondary N) is 1. The predicted molar refractivity (Wildman–Crippen MR) is 67.9 cm³/mol. The highest BCUT2D eigenvalue weighted by atomic mass is 35.5. The van der Waals surface area contributed by atoms with Crippen molar-refractivity contribution in [2.45, 2.75) is 19.8 Å². The van der Waals surface area contributed by atoms with Gasteiger partial charge in [0.05, 0.1) is 0 Å². The van der Waals surface area contributed by atoms with Crippen molar-refractivity contribution >= 4 is 29.2 Å². The molecule has 0 fully saturated rings. The maximum atomic E-state index is 5.88. The molecule has 0 radical (unpaired) electrons. The van der Waals surface area contributed by atoms with Crippen molar-refractivity contribution in [2.24, 2.45) is 0 Å². The number of aromatic nitrogens is 2. The Morgan fingerprint density at radius 2 is 2.20 bits per heavy atom. The number of hydrogen-bond donors (Lipinski definition) is 1. The van der Waals surface area contributed by atoms with E-state index in [-0.39, 0.29) is 0 Å². The summed E-state index contributed by atoms with van der Waals surface area (Å²) in [6.07, 6.45) is 6.00. The van der Waals surface area contributed by atoms with Gasteiger partial charge in [-0.3, -0.25) is 0 Å². The molecule has 1 N–H and O–H groups in total. The molecule has 15 heavy (non-hydrogen) atoms. The van der Waals surface area contributed by atoms with Gasteiger partial charge in [-0.25, -0.2) is 9.97 Å². The van der Waals surface area contributed by atoms with Gasteiger partial charge in [0.15, 0.2) is 0 Å². The van der Waals surface area contributed by atoms with Gasteiger partial charge in [0.1, 0.15) is 17.3 Å². The molecule has 0 bridgehead atoms. The van der Waals surface area contributed by atoms with Gasteiger partial charge in [0, 0.05) is 12.1 Å². The first-order chi connectivity index (χ1) is 7.25. The minimum absolute atomic E-state index is 0.525. The topological polar surface area (TPSA) is 37.8 Å². The van der Waals surface area contributed by atoms with Crippen LogP contribution in [0.3, 0.4) is 0 Å². The fraction of sp³-hybridized carbons (Fsp3) is 0.600. The van der Waals surface area contributed by atoms with Gasteiger partial charge in [-0.1, -0.05) is 11.6 Å². The fourth-order valence-corrected chi connectivity index (χ4v) is 1.81. The van der Waals surface area contributed by atoms with Gasteiger partial charge in [0.2, 0.25) is 0 Å². The lowest BCUT2D eigenvalue weighted by Crippen LogP contribution is -2.06. The van der Waals surface area contributed by atoms with E-state index in [0.29, 0.717) is 5.15 Å². The summed E-state index contributed by atoms with van der Waals surface area (Å²) in [5.74, 6) is 2.06. The van der Waals surface area contributed by atoms with Crippen LogP contribution in [0.5, 0.6) is 0 Å². The second-order valence-electron chi connectivity index (χ2n) is 3.26. The Labute approximate surface area is 100 Å². The molecule has 0 atom stereocenters. The third-order valence-electron chi connectivity index (χ3n) is 2.09. The van der Waals surface area contributed by atoms with Gasteiger partial charge in [-0.15, -0.1) is 0 Å². The highest BCUT2D eigenvalue weighted by molar-refractivity contribution is 7.98. The molecule has 3 nitrogen and oxygen atoms in total. The SMILES string of the molecule is CSCCCCNc1ncnc(Cl)c1C. The minimum atomic E-state index is 0.525. The molecule has 0 saturated heterocycles. The molecule has 1 aromatic heterocycles. The Kier molecular flexibility index (Phi) is 5.79. The van der Waals surface area contributed by atoms with Crippen molar-refractivity contribution in [1.29, 1.82) is 0 Å². The number of hydrogen-bond acceptors (Lipinski definition) is 4.